The summed E-state index contributed by atoms with van der Waals surface area (Å²) >= 11 is 9.24. The van der Waals surface area contributed by atoms with Crippen LogP contribution in [0.2, 0.25) is 5.02 Å². The van der Waals surface area contributed by atoms with Crippen LogP contribution in [0.25, 0.3) is 0 Å². The molecule has 0 unspecified atom stereocenters. The molecule has 0 aliphatic heterocycles. The minimum Gasteiger partial charge on any atom is -0.457 e. The number of halogens is 2. The Morgan fingerprint density at radius 1 is 1.04 bits per heavy atom. The highest BCUT2D eigenvalue weighted by atomic mass is 79.9. The summed E-state index contributed by atoms with van der Waals surface area (Å²) in [6, 6.07) is 14.3. The van der Waals surface area contributed by atoms with Crippen LogP contribution >= 0.6 is 27.5 Å². The van der Waals surface area contributed by atoms with Crippen LogP contribution in [-0.4, -0.2) is 18.4 Å². The van der Waals surface area contributed by atoms with E-state index in [1.54, 1.807) is 36.4 Å². The quantitative estimate of drug-likeness (QED) is 0.520. The molecule has 124 valence electrons. The molecule has 0 heterocycles. The minimum atomic E-state index is -0.634. The lowest BCUT2D eigenvalue weighted by Crippen LogP contribution is -2.44. The fourth-order valence-corrected chi connectivity index (χ4v) is 3.29. The van der Waals surface area contributed by atoms with Crippen LogP contribution in [0.5, 0.6) is 0 Å². The molecule has 0 atom stereocenters. The van der Waals surface area contributed by atoms with Crippen LogP contribution in [0.4, 0.5) is 0 Å². The largest absolute Gasteiger partial charge is 0.457 e. The van der Waals surface area contributed by atoms with Crippen LogP contribution in [-0.2, 0) is 14.9 Å². The maximum Gasteiger partial charge on any atom is 0.317 e. The number of hydrogen-bond acceptors (Lipinski definition) is 3. The third-order valence-electron chi connectivity index (χ3n) is 4.50. The van der Waals surface area contributed by atoms with E-state index in [-0.39, 0.29) is 18.4 Å². The van der Waals surface area contributed by atoms with Crippen molar-refractivity contribution in [3.8, 4) is 0 Å². The van der Waals surface area contributed by atoms with Crippen LogP contribution in [0.1, 0.15) is 35.2 Å². The predicted octanol–water partition coefficient (Wildman–Crippen LogP) is 4.95. The smallest absolute Gasteiger partial charge is 0.317 e. The lowest BCUT2D eigenvalue weighted by atomic mass is 9.64. The van der Waals surface area contributed by atoms with Crippen molar-refractivity contribution in [3.63, 3.8) is 0 Å². The van der Waals surface area contributed by atoms with E-state index in [2.05, 4.69) is 15.9 Å². The van der Waals surface area contributed by atoms with Gasteiger partial charge in [-0.15, -0.1) is 0 Å². The summed E-state index contributed by atoms with van der Waals surface area (Å²) in [5, 5.41) is 0.631. The van der Waals surface area contributed by atoms with Crippen molar-refractivity contribution < 1.29 is 14.3 Å². The van der Waals surface area contributed by atoms with E-state index in [1.807, 2.05) is 12.1 Å². The molecule has 3 rings (SSSR count). The molecule has 1 fully saturated rings. The normalized spacial score (nSPS) is 15.4. The second-order valence-electron chi connectivity index (χ2n) is 5.95. The summed E-state index contributed by atoms with van der Waals surface area (Å²) < 4.78 is 6.24. The van der Waals surface area contributed by atoms with Crippen molar-refractivity contribution in [2.24, 2.45) is 0 Å². The number of carbonyl (C=O) groups is 2. The summed E-state index contributed by atoms with van der Waals surface area (Å²) in [6.45, 7) is -0.240. The van der Waals surface area contributed by atoms with Crippen molar-refractivity contribution >= 4 is 39.3 Å². The first-order valence-corrected chi connectivity index (χ1v) is 8.90. The maximum atomic E-state index is 12.6. The monoisotopic (exact) mass is 406 g/mol. The number of carbonyl (C=O) groups excluding carboxylic acids is 2. The number of esters is 1. The molecule has 0 saturated heterocycles. The van der Waals surface area contributed by atoms with Gasteiger partial charge >= 0.3 is 5.97 Å². The standard InChI is InChI=1S/C19H16BrClO3/c20-15-6-2-13(3-7-15)17(22)12-24-18(23)19(10-1-11-19)14-4-8-16(21)9-5-14/h2-9H,1,10-12H2. The first-order chi connectivity index (χ1) is 11.5. The van der Waals surface area contributed by atoms with Crippen molar-refractivity contribution in [3.05, 3.63) is 69.2 Å². The zero-order valence-corrected chi connectivity index (χ0v) is 15.3. The van der Waals surface area contributed by atoms with Crippen LogP contribution < -0.4 is 0 Å². The topological polar surface area (TPSA) is 43.4 Å². The molecule has 0 N–H and O–H groups in total. The second-order valence-corrected chi connectivity index (χ2v) is 7.30. The number of rotatable bonds is 5. The lowest BCUT2D eigenvalue weighted by Gasteiger charge is -2.39. The van der Waals surface area contributed by atoms with Gasteiger partial charge in [0.15, 0.2) is 12.4 Å². The molecule has 24 heavy (non-hydrogen) atoms. The average molecular weight is 408 g/mol. The van der Waals surface area contributed by atoms with Gasteiger partial charge in [0.05, 0.1) is 5.41 Å². The molecule has 0 aromatic heterocycles. The Labute approximate surface area is 154 Å². The summed E-state index contributed by atoms with van der Waals surface area (Å²) in [5.41, 5.74) is 0.796. The molecule has 0 spiro atoms. The van der Waals surface area contributed by atoms with Crippen LogP contribution in [0, 0.1) is 0 Å². The molecular weight excluding hydrogens is 392 g/mol. The third kappa shape index (κ3) is 3.40. The zero-order valence-electron chi connectivity index (χ0n) is 12.9. The van der Waals surface area contributed by atoms with E-state index >= 15 is 0 Å². The summed E-state index contributed by atoms with van der Waals surface area (Å²) in [6.07, 6.45) is 2.44. The molecule has 1 saturated carbocycles. The Hall–Kier alpha value is -1.65. The van der Waals surface area contributed by atoms with Gasteiger partial charge in [-0.2, -0.15) is 0 Å². The summed E-state index contributed by atoms with van der Waals surface area (Å²) in [5.74, 6) is -0.539. The number of hydrogen-bond donors (Lipinski definition) is 0. The first kappa shape index (κ1) is 17.2. The molecule has 0 amide bonds. The minimum absolute atomic E-state index is 0.207. The number of ether oxygens (including phenoxy) is 1. The van der Waals surface area contributed by atoms with E-state index in [4.69, 9.17) is 16.3 Å². The average Bonchev–Trinajstić information content (AvgIpc) is 2.54. The van der Waals surface area contributed by atoms with Gasteiger partial charge in [-0.25, -0.2) is 0 Å². The van der Waals surface area contributed by atoms with Gasteiger partial charge in [0.2, 0.25) is 0 Å². The number of Topliss-reactive ketones (excluding diaryl/α,β-unsaturated/α-hetero) is 1. The van der Waals surface area contributed by atoms with Crippen molar-refractivity contribution in [2.45, 2.75) is 24.7 Å². The maximum absolute atomic E-state index is 12.6. The Balaban J connectivity index is 1.68. The van der Waals surface area contributed by atoms with E-state index in [9.17, 15) is 9.59 Å². The summed E-state index contributed by atoms with van der Waals surface area (Å²) in [4.78, 5) is 24.8. The Bertz CT molecular complexity index is 749. The van der Waals surface area contributed by atoms with Crippen LogP contribution in [0.15, 0.2) is 53.0 Å². The van der Waals surface area contributed by atoms with Crippen molar-refractivity contribution in [1.82, 2.24) is 0 Å². The molecule has 2 aromatic carbocycles. The van der Waals surface area contributed by atoms with E-state index in [0.29, 0.717) is 10.6 Å². The first-order valence-electron chi connectivity index (χ1n) is 7.73. The summed E-state index contributed by atoms with van der Waals surface area (Å²) in [7, 11) is 0. The molecule has 0 bridgehead atoms. The third-order valence-corrected chi connectivity index (χ3v) is 5.28. The zero-order chi connectivity index (χ0) is 17.2. The van der Waals surface area contributed by atoms with Gasteiger partial charge in [0.25, 0.3) is 0 Å². The molecular formula is C19H16BrClO3. The second kappa shape index (κ2) is 7.08. The Morgan fingerprint density at radius 2 is 1.67 bits per heavy atom. The molecule has 0 radical (unpaired) electrons. The van der Waals surface area contributed by atoms with Crippen LogP contribution in [0.3, 0.4) is 0 Å². The highest BCUT2D eigenvalue weighted by Crippen LogP contribution is 2.45. The SMILES string of the molecule is O=C(COC(=O)C1(c2ccc(Cl)cc2)CCC1)c1ccc(Br)cc1. The van der Waals surface area contributed by atoms with E-state index in [1.165, 1.54) is 0 Å². The van der Waals surface area contributed by atoms with Crippen molar-refractivity contribution in [1.29, 1.82) is 0 Å². The van der Waals surface area contributed by atoms with E-state index in [0.717, 1.165) is 29.3 Å². The van der Waals surface area contributed by atoms with Gasteiger partial charge in [0.1, 0.15) is 0 Å². The molecule has 1 aliphatic rings. The predicted molar refractivity (Wildman–Crippen MR) is 96.4 cm³/mol. The van der Waals surface area contributed by atoms with Gasteiger partial charge in [-0.1, -0.05) is 58.2 Å². The molecule has 1 aliphatic carbocycles. The number of benzene rings is 2. The molecule has 3 nitrogen and oxygen atoms in total. The van der Waals surface area contributed by atoms with E-state index < -0.39 is 5.41 Å². The fourth-order valence-electron chi connectivity index (χ4n) is 2.90. The van der Waals surface area contributed by atoms with Gasteiger partial charge in [0, 0.05) is 15.1 Å². The lowest BCUT2D eigenvalue weighted by molar-refractivity contribution is -0.153. The Kier molecular flexibility index (Phi) is 5.07. The fraction of sp³-hybridized carbons (Fsp3) is 0.263. The van der Waals surface area contributed by atoms with Crippen molar-refractivity contribution in [2.75, 3.05) is 6.61 Å². The van der Waals surface area contributed by atoms with Gasteiger partial charge in [-0.3, -0.25) is 9.59 Å². The highest BCUT2D eigenvalue weighted by Gasteiger charge is 2.47. The Morgan fingerprint density at radius 3 is 2.21 bits per heavy atom. The van der Waals surface area contributed by atoms with Gasteiger partial charge in [-0.05, 0) is 42.7 Å². The van der Waals surface area contributed by atoms with Gasteiger partial charge < -0.3 is 4.74 Å². The number of ketones is 1. The molecule has 2 aromatic rings. The highest BCUT2D eigenvalue weighted by molar-refractivity contribution is 9.10. The molecule has 5 heteroatoms.